The lowest BCUT2D eigenvalue weighted by molar-refractivity contribution is -0.143. The molecule has 0 saturated carbocycles. The van der Waals surface area contributed by atoms with Crippen LogP contribution >= 0.6 is 22.9 Å². The highest BCUT2D eigenvalue weighted by Crippen LogP contribution is 2.31. The predicted molar refractivity (Wildman–Crippen MR) is 129 cm³/mol. The zero-order chi connectivity index (χ0) is 23.7. The monoisotopic (exact) mass is 482 g/mol. The molecule has 1 aliphatic heterocycles. The van der Waals surface area contributed by atoms with E-state index >= 15 is 0 Å². The maximum atomic E-state index is 13.5. The third kappa shape index (κ3) is 4.65. The average Bonchev–Trinajstić information content (AvgIpc) is 3.08. The van der Waals surface area contributed by atoms with Gasteiger partial charge >= 0.3 is 5.97 Å². The van der Waals surface area contributed by atoms with Gasteiger partial charge in [-0.05, 0) is 62.2 Å². The number of carbonyl (C=O) groups excluding carboxylic acids is 1. The van der Waals surface area contributed by atoms with Gasteiger partial charge in [-0.3, -0.25) is 9.36 Å². The van der Waals surface area contributed by atoms with E-state index in [0.29, 0.717) is 31.4 Å². The quantitative estimate of drug-likeness (QED) is 0.518. The molecule has 8 heteroatoms. The van der Waals surface area contributed by atoms with Crippen molar-refractivity contribution < 1.29 is 14.3 Å². The van der Waals surface area contributed by atoms with Crippen LogP contribution in [0, 0.1) is 0 Å². The van der Waals surface area contributed by atoms with E-state index in [-0.39, 0.29) is 11.7 Å². The minimum atomic E-state index is -0.661. The minimum absolute atomic E-state index is 0.225. The van der Waals surface area contributed by atoms with Gasteiger partial charge in [-0.15, -0.1) is 0 Å². The molecule has 0 spiro atoms. The summed E-state index contributed by atoms with van der Waals surface area (Å²) in [6, 6.07) is 13.9. The van der Waals surface area contributed by atoms with E-state index in [1.54, 1.807) is 62.8 Å². The summed E-state index contributed by atoms with van der Waals surface area (Å²) in [7, 11) is 1.59. The van der Waals surface area contributed by atoms with E-state index in [2.05, 4.69) is 4.99 Å². The van der Waals surface area contributed by atoms with Crippen LogP contribution in [0.15, 0.2) is 69.6 Å². The summed E-state index contributed by atoms with van der Waals surface area (Å²) in [6.45, 7) is 5.35. The fourth-order valence-corrected chi connectivity index (χ4v) is 4.84. The minimum Gasteiger partial charge on any atom is -0.497 e. The van der Waals surface area contributed by atoms with Crippen molar-refractivity contribution >= 4 is 35.0 Å². The molecule has 0 fully saturated rings. The lowest BCUT2D eigenvalue weighted by Crippen LogP contribution is -2.40. The normalized spacial score (nSPS) is 15.9. The van der Waals surface area contributed by atoms with Crippen LogP contribution in [0.4, 0.5) is 0 Å². The first-order valence-corrected chi connectivity index (χ1v) is 11.6. The van der Waals surface area contributed by atoms with Crippen molar-refractivity contribution in [3.63, 3.8) is 0 Å². The van der Waals surface area contributed by atoms with Crippen molar-refractivity contribution in [3.05, 3.63) is 95.6 Å². The Labute approximate surface area is 200 Å². The number of benzene rings is 2. The van der Waals surface area contributed by atoms with Gasteiger partial charge in [0, 0.05) is 5.02 Å². The fraction of sp³-hybridized carbons (Fsp3) is 0.240. The van der Waals surface area contributed by atoms with E-state index in [4.69, 9.17) is 21.1 Å². The first-order chi connectivity index (χ1) is 15.8. The number of ether oxygens (including phenoxy) is 2. The van der Waals surface area contributed by atoms with Crippen LogP contribution in [0.1, 0.15) is 37.9 Å². The van der Waals surface area contributed by atoms with Crippen molar-refractivity contribution in [2.24, 2.45) is 4.99 Å². The third-order valence-corrected chi connectivity index (χ3v) is 6.42. The molecule has 0 saturated heterocycles. The summed E-state index contributed by atoms with van der Waals surface area (Å²) in [6.07, 6.45) is 1.50. The summed E-state index contributed by atoms with van der Waals surface area (Å²) in [5, 5.41) is 0.622. The van der Waals surface area contributed by atoms with Gasteiger partial charge in [0.1, 0.15) is 5.75 Å². The number of hydrogen-bond donors (Lipinski definition) is 0. The van der Waals surface area contributed by atoms with Crippen LogP contribution in [0.25, 0.3) is 6.08 Å². The Morgan fingerprint density at radius 2 is 1.82 bits per heavy atom. The number of methoxy groups -OCH3 is 1. The molecule has 1 aromatic heterocycles. The lowest BCUT2D eigenvalue weighted by atomic mass is 9.96. The highest BCUT2D eigenvalue weighted by atomic mass is 35.5. The van der Waals surface area contributed by atoms with E-state index in [9.17, 15) is 9.59 Å². The third-order valence-electron chi connectivity index (χ3n) is 5.18. The van der Waals surface area contributed by atoms with Crippen molar-refractivity contribution in [3.8, 4) is 5.75 Å². The summed E-state index contributed by atoms with van der Waals surface area (Å²) < 4.78 is 12.9. The number of nitrogens with zero attached hydrogens (tertiary/aromatic N) is 2. The first-order valence-electron chi connectivity index (χ1n) is 10.4. The highest BCUT2D eigenvalue weighted by Gasteiger charge is 2.33. The molecule has 2 aromatic carbocycles. The van der Waals surface area contributed by atoms with Gasteiger partial charge in [0.2, 0.25) is 0 Å². The number of allylic oxidation sites excluding steroid dienone is 1. The summed E-state index contributed by atoms with van der Waals surface area (Å²) in [4.78, 5) is 31.7. The second-order valence-corrected chi connectivity index (χ2v) is 9.31. The number of thiazole rings is 1. The van der Waals surface area contributed by atoms with E-state index in [0.717, 1.165) is 11.1 Å². The Balaban J connectivity index is 1.92. The molecule has 0 radical (unpaired) electrons. The van der Waals surface area contributed by atoms with Crippen LogP contribution in [-0.2, 0) is 9.53 Å². The van der Waals surface area contributed by atoms with Gasteiger partial charge in [0.05, 0.1) is 35.1 Å². The van der Waals surface area contributed by atoms with Crippen molar-refractivity contribution in [2.75, 3.05) is 7.11 Å². The van der Waals surface area contributed by atoms with Crippen LogP contribution in [-0.4, -0.2) is 23.8 Å². The zero-order valence-corrected chi connectivity index (χ0v) is 20.2. The highest BCUT2D eigenvalue weighted by molar-refractivity contribution is 7.07. The summed E-state index contributed by atoms with van der Waals surface area (Å²) >= 11 is 7.27. The van der Waals surface area contributed by atoms with E-state index in [1.165, 1.54) is 11.3 Å². The topological polar surface area (TPSA) is 69.9 Å². The van der Waals surface area contributed by atoms with Gasteiger partial charge in [-0.1, -0.05) is 47.2 Å². The van der Waals surface area contributed by atoms with Gasteiger partial charge in [0.15, 0.2) is 4.80 Å². The molecule has 33 heavy (non-hydrogen) atoms. The summed E-state index contributed by atoms with van der Waals surface area (Å²) in [5.74, 6) is 0.194. The Bertz CT molecular complexity index is 1400. The molecule has 4 rings (SSSR count). The lowest BCUT2D eigenvalue weighted by Gasteiger charge is -2.25. The molecule has 0 N–H and O–H groups in total. The average molecular weight is 483 g/mol. The van der Waals surface area contributed by atoms with Crippen LogP contribution in [0.5, 0.6) is 5.75 Å². The maximum absolute atomic E-state index is 13.5. The molecule has 2 heterocycles. The Hall–Kier alpha value is -3.16. The number of hydrogen-bond acceptors (Lipinski definition) is 6. The number of aromatic nitrogens is 1. The number of fused-ring (bicyclic) bond motifs is 1. The number of rotatable bonds is 5. The van der Waals surface area contributed by atoms with Crippen LogP contribution in [0.2, 0.25) is 5.02 Å². The number of halogens is 1. The molecule has 170 valence electrons. The van der Waals surface area contributed by atoms with Gasteiger partial charge < -0.3 is 9.47 Å². The van der Waals surface area contributed by atoms with Crippen molar-refractivity contribution in [2.45, 2.75) is 32.9 Å². The molecule has 1 atom stereocenters. The maximum Gasteiger partial charge on any atom is 0.338 e. The Morgan fingerprint density at radius 1 is 1.15 bits per heavy atom. The molecule has 3 aromatic rings. The Morgan fingerprint density at radius 3 is 2.42 bits per heavy atom. The Kier molecular flexibility index (Phi) is 6.54. The molecule has 0 bridgehead atoms. The van der Waals surface area contributed by atoms with Crippen LogP contribution < -0.4 is 19.6 Å². The van der Waals surface area contributed by atoms with E-state index in [1.807, 2.05) is 24.3 Å². The van der Waals surface area contributed by atoms with Crippen molar-refractivity contribution in [1.82, 2.24) is 4.57 Å². The number of esters is 1. The molecule has 6 nitrogen and oxygen atoms in total. The van der Waals surface area contributed by atoms with E-state index < -0.39 is 12.0 Å². The smallest absolute Gasteiger partial charge is 0.338 e. The predicted octanol–water partition coefficient (Wildman–Crippen LogP) is 3.85. The second kappa shape index (κ2) is 9.37. The largest absolute Gasteiger partial charge is 0.497 e. The van der Waals surface area contributed by atoms with Crippen molar-refractivity contribution in [1.29, 1.82) is 0 Å². The molecule has 1 aliphatic rings. The second-order valence-electron chi connectivity index (χ2n) is 7.86. The first kappa shape index (κ1) is 23.0. The molecular formula is C25H23ClN2O4S. The molecule has 0 amide bonds. The standard InChI is InChI=1S/C25H23ClN2O4S/c1-14(2)32-24(30)21-15(3)27-25-28(22(21)17-7-11-19(31-4)12-8-17)23(29)20(33-25)13-16-5-9-18(26)10-6-16/h5-14,22H,1-4H3/b20-13-/t22-/m0/s1. The van der Waals surface area contributed by atoms with Gasteiger partial charge in [0.25, 0.3) is 5.56 Å². The summed E-state index contributed by atoms with van der Waals surface area (Å²) in [5.41, 5.74) is 2.26. The van der Waals surface area contributed by atoms with Crippen LogP contribution in [0.3, 0.4) is 0 Å². The number of carbonyl (C=O) groups is 1. The molecule has 0 unspecified atom stereocenters. The van der Waals surface area contributed by atoms with Gasteiger partial charge in [-0.25, -0.2) is 9.79 Å². The zero-order valence-electron chi connectivity index (χ0n) is 18.7. The SMILES string of the molecule is COc1ccc([C@H]2C(C(=O)OC(C)C)=C(C)N=c3s/c(=C\c4ccc(Cl)cc4)c(=O)n32)cc1. The molecular weight excluding hydrogens is 460 g/mol. The fourth-order valence-electron chi connectivity index (χ4n) is 3.67. The molecule has 0 aliphatic carbocycles. The van der Waals surface area contributed by atoms with Gasteiger partial charge in [-0.2, -0.15) is 0 Å².